The van der Waals surface area contributed by atoms with Crippen LogP contribution in [-0.4, -0.2) is 20.3 Å². The van der Waals surface area contributed by atoms with Gasteiger partial charge < -0.3 is 4.57 Å². The van der Waals surface area contributed by atoms with Crippen molar-refractivity contribution in [3.8, 4) is 0 Å². The lowest BCUT2D eigenvalue weighted by molar-refractivity contribution is 0.0979. The molecular weight excluding hydrogens is 190 g/mol. The van der Waals surface area contributed by atoms with Crippen LogP contribution in [0.5, 0.6) is 0 Å². The third-order valence-electron chi connectivity index (χ3n) is 2.14. The zero-order chi connectivity index (χ0) is 10.7. The Kier molecular flexibility index (Phi) is 2.58. The molecule has 76 valence electrons. The molecule has 0 fully saturated rings. The predicted molar refractivity (Wildman–Crippen MR) is 55.5 cm³/mol. The first-order valence-electron chi connectivity index (χ1n) is 4.68. The number of aryl methyl sites for hydroxylation is 1. The second kappa shape index (κ2) is 4.04. The van der Waals surface area contributed by atoms with Crippen molar-refractivity contribution >= 4 is 5.78 Å². The summed E-state index contributed by atoms with van der Waals surface area (Å²) in [5.74, 6) is 0.460. The van der Waals surface area contributed by atoms with Crippen LogP contribution in [0.4, 0.5) is 0 Å². The van der Waals surface area contributed by atoms with Crippen molar-refractivity contribution in [2.45, 2.75) is 6.42 Å². The first-order chi connectivity index (χ1) is 7.27. The fourth-order valence-corrected chi connectivity index (χ4v) is 1.38. The van der Waals surface area contributed by atoms with E-state index in [-0.39, 0.29) is 5.78 Å². The van der Waals surface area contributed by atoms with Crippen LogP contribution in [0.3, 0.4) is 0 Å². The van der Waals surface area contributed by atoms with Crippen molar-refractivity contribution in [2.24, 2.45) is 7.05 Å². The Morgan fingerprint density at radius 1 is 1.33 bits per heavy atom. The molecule has 0 radical (unpaired) electrons. The highest BCUT2D eigenvalue weighted by molar-refractivity contribution is 5.94. The lowest BCUT2D eigenvalue weighted by Crippen LogP contribution is -2.10. The summed E-state index contributed by atoms with van der Waals surface area (Å²) in [4.78, 5) is 19.9. The van der Waals surface area contributed by atoms with Crippen LogP contribution < -0.4 is 0 Å². The number of pyridine rings is 1. The number of rotatable bonds is 3. The van der Waals surface area contributed by atoms with Gasteiger partial charge in [-0.1, -0.05) is 6.07 Å². The van der Waals surface area contributed by atoms with Gasteiger partial charge in [-0.15, -0.1) is 0 Å². The summed E-state index contributed by atoms with van der Waals surface area (Å²) in [6.07, 6.45) is 5.35. The van der Waals surface area contributed by atoms with Gasteiger partial charge in [-0.25, -0.2) is 4.98 Å². The van der Waals surface area contributed by atoms with E-state index in [1.807, 2.05) is 18.2 Å². The average Bonchev–Trinajstić information content (AvgIpc) is 2.66. The molecule has 0 aliphatic rings. The van der Waals surface area contributed by atoms with Gasteiger partial charge >= 0.3 is 0 Å². The lowest BCUT2D eigenvalue weighted by atomic mass is 10.2. The fraction of sp³-hybridized carbons (Fsp3) is 0.182. The van der Waals surface area contributed by atoms with Gasteiger partial charge in [0.05, 0.1) is 6.42 Å². The number of ketones is 1. The molecule has 4 heteroatoms. The first kappa shape index (κ1) is 9.58. The summed E-state index contributed by atoms with van der Waals surface area (Å²) < 4.78 is 1.71. The molecule has 0 aliphatic carbocycles. The minimum atomic E-state index is -0.0128. The molecule has 0 bridgehead atoms. The van der Waals surface area contributed by atoms with E-state index >= 15 is 0 Å². The summed E-state index contributed by atoms with van der Waals surface area (Å²) in [5.41, 5.74) is 0.769. The maximum Gasteiger partial charge on any atom is 0.204 e. The Balaban J connectivity index is 2.15. The fourth-order valence-electron chi connectivity index (χ4n) is 1.38. The van der Waals surface area contributed by atoms with E-state index in [0.29, 0.717) is 12.2 Å². The number of aromatic nitrogens is 3. The Hall–Kier alpha value is -1.97. The van der Waals surface area contributed by atoms with Crippen molar-refractivity contribution in [3.63, 3.8) is 0 Å². The topological polar surface area (TPSA) is 47.8 Å². The molecule has 0 unspecified atom stereocenters. The summed E-state index contributed by atoms with van der Waals surface area (Å²) >= 11 is 0. The molecule has 0 aromatic carbocycles. The van der Waals surface area contributed by atoms with Crippen LogP contribution in [-0.2, 0) is 13.5 Å². The van der Waals surface area contributed by atoms with Gasteiger partial charge in [-0.2, -0.15) is 0 Å². The minimum absolute atomic E-state index is 0.0128. The number of hydrogen-bond acceptors (Lipinski definition) is 3. The van der Waals surface area contributed by atoms with Crippen molar-refractivity contribution in [1.82, 2.24) is 14.5 Å². The second-order valence-corrected chi connectivity index (χ2v) is 3.28. The summed E-state index contributed by atoms with van der Waals surface area (Å²) in [6.45, 7) is 0. The Morgan fingerprint density at radius 2 is 2.20 bits per heavy atom. The molecule has 2 aromatic heterocycles. The maximum absolute atomic E-state index is 11.8. The standard InChI is InChI=1S/C11H11N3O/c1-14-7-6-13-11(14)10(15)8-9-4-2-3-5-12-9/h2-7H,8H2,1H3. The largest absolute Gasteiger partial charge is 0.332 e. The van der Waals surface area contributed by atoms with Gasteiger partial charge in [0, 0.05) is 31.3 Å². The van der Waals surface area contributed by atoms with E-state index in [1.54, 1.807) is 30.2 Å². The van der Waals surface area contributed by atoms with Gasteiger partial charge in [0.1, 0.15) is 0 Å². The van der Waals surface area contributed by atoms with Crippen LogP contribution in [0.1, 0.15) is 16.3 Å². The molecule has 2 heterocycles. The van der Waals surface area contributed by atoms with Crippen LogP contribution >= 0.6 is 0 Å². The quantitative estimate of drug-likeness (QED) is 0.702. The van der Waals surface area contributed by atoms with Crippen LogP contribution in [0, 0.1) is 0 Å². The van der Waals surface area contributed by atoms with E-state index in [2.05, 4.69) is 9.97 Å². The number of carbonyl (C=O) groups excluding carboxylic acids is 1. The molecule has 0 atom stereocenters. The molecule has 0 N–H and O–H groups in total. The molecule has 0 spiro atoms. The molecule has 0 amide bonds. The van der Waals surface area contributed by atoms with E-state index in [9.17, 15) is 4.79 Å². The maximum atomic E-state index is 11.8. The predicted octanol–water partition coefficient (Wildman–Crippen LogP) is 1.24. The van der Waals surface area contributed by atoms with Gasteiger partial charge in [-0.3, -0.25) is 9.78 Å². The summed E-state index contributed by atoms with van der Waals surface area (Å²) in [6, 6.07) is 5.53. The Labute approximate surface area is 87.6 Å². The Morgan fingerprint density at radius 3 is 2.80 bits per heavy atom. The summed E-state index contributed by atoms with van der Waals surface area (Å²) in [7, 11) is 1.80. The van der Waals surface area contributed by atoms with Gasteiger partial charge in [0.2, 0.25) is 5.78 Å². The van der Waals surface area contributed by atoms with E-state index < -0.39 is 0 Å². The third kappa shape index (κ3) is 2.10. The molecule has 0 saturated carbocycles. The number of Topliss-reactive ketones (excluding diaryl/α,β-unsaturated/α-hetero) is 1. The number of carbonyl (C=O) groups is 1. The Bertz CT molecular complexity index is 462. The van der Waals surface area contributed by atoms with Crippen LogP contribution in [0.2, 0.25) is 0 Å². The summed E-state index contributed by atoms with van der Waals surface area (Å²) in [5, 5.41) is 0. The molecule has 0 aliphatic heterocycles. The van der Waals surface area contributed by atoms with Gasteiger partial charge in [0.25, 0.3) is 0 Å². The first-order valence-corrected chi connectivity index (χ1v) is 4.68. The van der Waals surface area contributed by atoms with E-state index in [1.165, 1.54) is 0 Å². The van der Waals surface area contributed by atoms with Crippen molar-refractivity contribution in [1.29, 1.82) is 0 Å². The van der Waals surface area contributed by atoms with Crippen molar-refractivity contribution in [3.05, 3.63) is 48.3 Å². The number of imidazole rings is 1. The van der Waals surface area contributed by atoms with Crippen molar-refractivity contribution in [2.75, 3.05) is 0 Å². The molecule has 2 rings (SSSR count). The normalized spacial score (nSPS) is 10.2. The van der Waals surface area contributed by atoms with Crippen molar-refractivity contribution < 1.29 is 4.79 Å². The lowest BCUT2D eigenvalue weighted by Gasteiger charge is -2.00. The SMILES string of the molecule is Cn1ccnc1C(=O)Cc1ccccn1. The zero-order valence-electron chi connectivity index (χ0n) is 8.42. The van der Waals surface area contributed by atoms with Crippen LogP contribution in [0.15, 0.2) is 36.8 Å². The number of hydrogen-bond donors (Lipinski definition) is 0. The number of nitrogens with zero attached hydrogens (tertiary/aromatic N) is 3. The van der Waals surface area contributed by atoms with Crippen LogP contribution in [0.25, 0.3) is 0 Å². The third-order valence-corrected chi connectivity index (χ3v) is 2.14. The highest BCUT2D eigenvalue weighted by atomic mass is 16.1. The minimum Gasteiger partial charge on any atom is -0.332 e. The van der Waals surface area contributed by atoms with Gasteiger partial charge in [0.15, 0.2) is 5.82 Å². The van der Waals surface area contributed by atoms with E-state index in [0.717, 1.165) is 5.69 Å². The molecular formula is C11H11N3O. The smallest absolute Gasteiger partial charge is 0.204 e. The molecule has 2 aromatic rings. The monoisotopic (exact) mass is 201 g/mol. The van der Waals surface area contributed by atoms with Gasteiger partial charge in [-0.05, 0) is 12.1 Å². The highest BCUT2D eigenvalue weighted by Gasteiger charge is 2.11. The average molecular weight is 201 g/mol. The molecule has 15 heavy (non-hydrogen) atoms. The highest BCUT2D eigenvalue weighted by Crippen LogP contribution is 2.02. The van der Waals surface area contributed by atoms with E-state index in [4.69, 9.17) is 0 Å². The zero-order valence-corrected chi connectivity index (χ0v) is 8.42. The molecule has 4 nitrogen and oxygen atoms in total. The molecule has 0 saturated heterocycles. The second-order valence-electron chi connectivity index (χ2n) is 3.28.